The Kier molecular flexibility index (Phi) is 3.83. The lowest BCUT2D eigenvalue weighted by molar-refractivity contribution is 0.390. The van der Waals surface area contributed by atoms with E-state index in [-0.39, 0.29) is 5.82 Å². The summed E-state index contributed by atoms with van der Waals surface area (Å²) in [5.41, 5.74) is 2.18. The third kappa shape index (κ3) is 2.75. The number of benzene rings is 1. The number of nitrogens with one attached hydrogen (secondary N) is 1. The Hall–Kier alpha value is -1.68. The van der Waals surface area contributed by atoms with Crippen LogP contribution in [0, 0.1) is 12.7 Å². The summed E-state index contributed by atoms with van der Waals surface area (Å²) in [6.45, 7) is 2.75. The average molecular weight is 273 g/mol. The second-order valence-corrected chi connectivity index (χ2v) is 5.57. The molecular formula is C16H20FN3. The maximum atomic E-state index is 13.1. The first kappa shape index (κ1) is 13.3. The molecule has 0 spiro atoms. The van der Waals surface area contributed by atoms with Gasteiger partial charge in [0, 0.05) is 31.0 Å². The van der Waals surface area contributed by atoms with E-state index < -0.39 is 0 Å². The number of nitrogens with zero attached hydrogens (tertiary/aromatic N) is 2. The molecule has 20 heavy (non-hydrogen) atoms. The molecule has 1 aliphatic rings. The van der Waals surface area contributed by atoms with Crippen molar-refractivity contribution in [2.45, 2.75) is 44.8 Å². The van der Waals surface area contributed by atoms with Gasteiger partial charge in [-0.3, -0.25) is 0 Å². The molecular weight excluding hydrogens is 253 g/mol. The lowest BCUT2D eigenvalue weighted by atomic mass is 10.1. The summed E-state index contributed by atoms with van der Waals surface area (Å²) in [4.78, 5) is 4.14. The number of hydrogen-bond acceptors (Lipinski definition) is 2. The predicted octanol–water partition coefficient (Wildman–Crippen LogP) is 3.21. The van der Waals surface area contributed by atoms with Crippen molar-refractivity contribution in [1.29, 1.82) is 0 Å². The monoisotopic (exact) mass is 273 g/mol. The zero-order valence-electron chi connectivity index (χ0n) is 11.7. The van der Waals surface area contributed by atoms with Crippen molar-refractivity contribution in [3.63, 3.8) is 0 Å². The molecule has 1 saturated carbocycles. The lowest BCUT2D eigenvalue weighted by Crippen LogP contribution is -2.33. The van der Waals surface area contributed by atoms with E-state index in [9.17, 15) is 4.39 Å². The fraction of sp³-hybridized carbons (Fsp3) is 0.438. The van der Waals surface area contributed by atoms with E-state index in [1.807, 2.05) is 31.7 Å². The number of hydrogen-bond donors (Lipinski definition) is 1. The summed E-state index contributed by atoms with van der Waals surface area (Å²) in [6.07, 6.45) is 9.38. The molecule has 1 aromatic carbocycles. The van der Waals surface area contributed by atoms with Crippen molar-refractivity contribution < 1.29 is 4.39 Å². The van der Waals surface area contributed by atoms with Crippen molar-refractivity contribution in [3.05, 3.63) is 53.9 Å². The number of halogens is 1. The van der Waals surface area contributed by atoms with Crippen LogP contribution in [-0.4, -0.2) is 15.6 Å². The second-order valence-electron chi connectivity index (χ2n) is 5.57. The van der Waals surface area contributed by atoms with Gasteiger partial charge in [0.1, 0.15) is 5.82 Å². The number of imidazole rings is 1. The third-order valence-electron chi connectivity index (χ3n) is 4.25. The highest BCUT2D eigenvalue weighted by atomic mass is 19.1. The van der Waals surface area contributed by atoms with Gasteiger partial charge in [-0.1, -0.05) is 6.07 Å². The topological polar surface area (TPSA) is 29.9 Å². The van der Waals surface area contributed by atoms with Crippen molar-refractivity contribution in [1.82, 2.24) is 14.9 Å². The first-order valence-electron chi connectivity index (χ1n) is 7.20. The number of aryl methyl sites for hydroxylation is 1. The van der Waals surface area contributed by atoms with Gasteiger partial charge in [-0.15, -0.1) is 0 Å². The molecule has 2 aromatic rings. The van der Waals surface area contributed by atoms with E-state index in [0.29, 0.717) is 12.1 Å². The van der Waals surface area contributed by atoms with E-state index in [2.05, 4.69) is 14.9 Å². The van der Waals surface area contributed by atoms with Gasteiger partial charge in [-0.05, 0) is 49.4 Å². The zero-order valence-corrected chi connectivity index (χ0v) is 11.7. The Balaban J connectivity index is 1.65. The Morgan fingerprint density at radius 3 is 3.05 bits per heavy atom. The summed E-state index contributed by atoms with van der Waals surface area (Å²) in [5, 5.41) is 3.63. The third-order valence-corrected chi connectivity index (χ3v) is 4.25. The number of rotatable bonds is 4. The van der Waals surface area contributed by atoms with Crippen LogP contribution >= 0.6 is 0 Å². The molecule has 106 valence electrons. The lowest BCUT2D eigenvalue weighted by Gasteiger charge is -2.22. The van der Waals surface area contributed by atoms with Gasteiger partial charge in [0.25, 0.3) is 0 Å². The molecule has 2 unspecified atom stereocenters. The number of aromatic nitrogens is 2. The Labute approximate surface area is 118 Å². The molecule has 1 N–H and O–H groups in total. The van der Waals surface area contributed by atoms with Crippen LogP contribution in [0.1, 0.15) is 36.4 Å². The van der Waals surface area contributed by atoms with Crippen LogP contribution in [0.15, 0.2) is 36.9 Å². The SMILES string of the molecule is Cc1cc(F)ccc1CNC1CCCC1n1ccnc1. The second kappa shape index (κ2) is 5.75. The van der Waals surface area contributed by atoms with E-state index in [0.717, 1.165) is 12.1 Å². The van der Waals surface area contributed by atoms with Gasteiger partial charge in [-0.25, -0.2) is 9.37 Å². The first-order valence-corrected chi connectivity index (χ1v) is 7.20. The van der Waals surface area contributed by atoms with Gasteiger partial charge in [-0.2, -0.15) is 0 Å². The van der Waals surface area contributed by atoms with Crippen molar-refractivity contribution in [2.24, 2.45) is 0 Å². The summed E-state index contributed by atoms with van der Waals surface area (Å²) >= 11 is 0. The van der Waals surface area contributed by atoms with Gasteiger partial charge >= 0.3 is 0 Å². The van der Waals surface area contributed by atoms with Crippen LogP contribution in [0.2, 0.25) is 0 Å². The first-order chi connectivity index (χ1) is 9.74. The van der Waals surface area contributed by atoms with Crippen LogP contribution in [0.5, 0.6) is 0 Å². The van der Waals surface area contributed by atoms with Crippen LogP contribution in [-0.2, 0) is 6.54 Å². The maximum Gasteiger partial charge on any atom is 0.123 e. The van der Waals surface area contributed by atoms with Gasteiger partial charge < -0.3 is 9.88 Å². The molecule has 0 saturated heterocycles. The summed E-state index contributed by atoms with van der Waals surface area (Å²) < 4.78 is 15.3. The summed E-state index contributed by atoms with van der Waals surface area (Å²) in [7, 11) is 0. The summed E-state index contributed by atoms with van der Waals surface area (Å²) in [6, 6.07) is 5.95. The molecule has 0 bridgehead atoms. The highest BCUT2D eigenvalue weighted by Crippen LogP contribution is 2.30. The van der Waals surface area contributed by atoms with E-state index >= 15 is 0 Å². The standard InChI is InChI=1S/C16H20FN3/c1-12-9-14(17)6-5-13(12)10-19-15-3-2-4-16(15)20-8-7-18-11-20/h5-9,11,15-16,19H,2-4,10H2,1H3. The molecule has 1 fully saturated rings. The predicted molar refractivity (Wildman–Crippen MR) is 76.9 cm³/mol. The minimum atomic E-state index is -0.164. The largest absolute Gasteiger partial charge is 0.333 e. The van der Waals surface area contributed by atoms with Crippen molar-refractivity contribution in [2.75, 3.05) is 0 Å². The average Bonchev–Trinajstić information content (AvgIpc) is 3.08. The Morgan fingerprint density at radius 1 is 1.40 bits per heavy atom. The highest BCUT2D eigenvalue weighted by Gasteiger charge is 2.27. The van der Waals surface area contributed by atoms with Crippen LogP contribution in [0.3, 0.4) is 0 Å². The Morgan fingerprint density at radius 2 is 2.30 bits per heavy atom. The Bertz CT molecular complexity index is 565. The van der Waals surface area contributed by atoms with Crippen molar-refractivity contribution in [3.8, 4) is 0 Å². The molecule has 0 radical (unpaired) electrons. The molecule has 3 nitrogen and oxygen atoms in total. The van der Waals surface area contributed by atoms with E-state index in [4.69, 9.17) is 0 Å². The molecule has 1 heterocycles. The van der Waals surface area contributed by atoms with Gasteiger partial charge in [0.05, 0.1) is 6.33 Å². The molecule has 0 aliphatic heterocycles. The normalized spacial score (nSPS) is 22.3. The summed E-state index contributed by atoms with van der Waals surface area (Å²) in [5.74, 6) is -0.164. The molecule has 1 aliphatic carbocycles. The molecule has 4 heteroatoms. The highest BCUT2D eigenvalue weighted by molar-refractivity contribution is 5.26. The molecule has 1 aromatic heterocycles. The minimum Gasteiger partial charge on any atom is -0.333 e. The van der Waals surface area contributed by atoms with Gasteiger partial charge in [0.2, 0.25) is 0 Å². The van der Waals surface area contributed by atoms with Gasteiger partial charge in [0.15, 0.2) is 0 Å². The smallest absolute Gasteiger partial charge is 0.123 e. The maximum absolute atomic E-state index is 13.1. The van der Waals surface area contributed by atoms with E-state index in [1.165, 1.54) is 30.9 Å². The fourth-order valence-corrected chi connectivity index (χ4v) is 3.10. The fourth-order valence-electron chi connectivity index (χ4n) is 3.10. The van der Waals surface area contributed by atoms with E-state index in [1.54, 1.807) is 6.07 Å². The van der Waals surface area contributed by atoms with Crippen LogP contribution in [0.25, 0.3) is 0 Å². The molecule has 2 atom stereocenters. The molecule has 3 rings (SSSR count). The zero-order chi connectivity index (χ0) is 13.9. The quantitative estimate of drug-likeness (QED) is 0.927. The van der Waals surface area contributed by atoms with Crippen molar-refractivity contribution >= 4 is 0 Å². The van der Waals surface area contributed by atoms with Crippen LogP contribution in [0.4, 0.5) is 4.39 Å². The molecule has 0 amide bonds. The van der Waals surface area contributed by atoms with Crippen LogP contribution < -0.4 is 5.32 Å². The minimum absolute atomic E-state index is 0.164.